The lowest BCUT2D eigenvalue weighted by atomic mass is 10.1. The van der Waals surface area contributed by atoms with Crippen molar-refractivity contribution in [1.82, 2.24) is 0 Å². The summed E-state index contributed by atoms with van der Waals surface area (Å²) >= 11 is 0. The first-order chi connectivity index (χ1) is 10.5. The van der Waals surface area contributed by atoms with E-state index in [9.17, 15) is 14.9 Å². The summed E-state index contributed by atoms with van der Waals surface area (Å²) in [5.41, 5.74) is 4.79. The van der Waals surface area contributed by atoms with Crippen LogP contribution in [-0.2, 0) is 0 Å². The van der Waals surface area contributed by atoms with E-state index in [0.717, 1.165) is 0 Å². The van der Waals surface area contributed by atoms with Gasteiger partial charge in [-0.25, -0.2) is 4.79 Å². The zero-order chi connectivity index (χ0) is 16.1. The number of hydrazone groups is 1. The number of nitro groups is 1. The molecule has 0 bridgehead atoms. The van der Waals surface area contributed by atoms with Crippen molar-refractivity contribution in [3.05, 3.63) is 69.8 Å². The molecule has 0 heterocycles. The second kappa shape index (κ2) is 6.49. The average Bonchev–Trinajstić information content (AvgIpc) is 2.53. The van der Waals surface area contributed by atoms with Crippen molar-refractivity contribution in [1.29, 1.82) is 0 Å². The lowest BCUT2D eigenvalue weighted by molar-refractivity contribution is -0.384. The Kier molecular flexibility index (Phi) is 4.47. The second-order valence-electron chi connectivity index (χ2n) is 4.50. The van der Waals surface area contributed by atoms with Crippen LogP contribution in [0.3, 0.4) is 0 Å². The fraction of sp³-hybridized carbons (Fsp3) is 0.0667. The average molecular weight is 299 g/mol. The van der Waals surface area contributed by atoms with Gasteiger partial charge in [0.1, 0.15) is 0 Å². The molecule has 7 nitrogen and oxygen atoms in total. The van der Waals surface area contributed by atoms with E-state index in [4.69, 9.17) is 5.11 Å². The molecule has 0 radical (unpaired) electrons. The van der Waals surface area contributed by atoms with Crippen molar-refractivity contribution in [3.8, 4) is 0 Å². The maximum atomic E-state index is 10.7. The van der Waals surface area contributed by atoms with E-state index in [1.807, 2.05) is 0 Å². The predicted octanol–water partition coefficient (Wildman–Crippen LogP) is 3.13. The lowest BCUT2D eigenvalue weighted by Gasteiger charge is -2.04. The van der Waals surface area contributed by atoms with Gasteiger partial charge in [0.05, 0.1) is 21.9 Å². The molecule has 0 unspecified atom stereocenters. The number of carboxylic acids is 1. The second-order valence-corrected chi connectivity index (χ2v) is 4.50. The van der Waals surface area contributed by atoms with Crippen molar-refractivity contribution in [3.63, 3.8) is 0 Å². The van der Waals surface area contributed by atoms with Gasteiger partial charge >= 0.3 is 5.97 Å². The van der Waals surface area contributed by atoms with Crippen molar-refractivity contribution < 1.29 is 14.8 Å². The molecule has 7 heteroatoms. The van der Waals surface area contributed by atoms with Gasteiger partial charge in [-0.15, -0.1) is 0 Å². The monoisotopic (exact) mass is 299 g/mol. The third-order valence-corrected chi connectivity index (χ3v) is 2.96. The highest BCUT2D eigenvalue weighted by Gasteiger charge is 2.07. The van der Waals surface area contributed by atoms with Crippen LogP contribution in [0.1, 0.15) is 22.8 Å². The van der Waals surface area contributed by atoms with Gasteiger partial charge in [-0.2, -0.15) is 5.10 Å². The maximum Gasteiger partial charge on any atom is 0.335 e. The summed E-state index contributed by atoms with van der Waals surface area (Å²) in [6.45, 7) is 1.72. The molecule has 0 fully saturated rings. The van der Waals surface area contributed by atoms with Gasteiger partial charge in [-0.1, -0.05) is 12.1 Å². The molecule has 22 heavy (non-hydrogen) atoms. The number of hydrogen-bond donors (Lipinski definition) is 2. The first-order valence-corrected chi connectivity index (χ1v) is 6.36. The summed E-state index contributed by atoms with van der Waals surface area (Å²) in [6, 6.07) is 12.3. The topological polar surface area (TPSA) is 105 Å². The van der Waals surface area contributed by atoms with Gasteiger partial charge in [0.25, 0.3) is 5.69 Å². The Morgan fingerprint density at radius 3 is 2.45 bits per heavy atom. The van der Waals surface area contributed by atoms with E-state index in [2.05, 4.69) is 10.5 Å². The summed E-state index contributed by atoms with van der Waals surface area (Å²) in [6.07, 6.45) is 0. The number of nitrogens with one attached hydrogen (secondary N) is 1. The quantitative estimate of drug-likeness (QED) is 0.501. The van der Waals surface area contributed by atoms with Crippen LogP contribution in [0.15, 0.2) is 53.6 Å². The molecule has 2 aromatic carbocycles. The molecule has 0 saturated carbocycles. The molecule has 2 N–H and O–H groups in total. The van der Waals surface area contributed by atoms with Crippen LogP contribution in [0.4, 0.5) is 11.4 Å². The fourth-order valence-electron chi connectivity index (χ4n) is 1.74. The largest absolute Gasteiger partial charge is 0.478 e. The van der Waals surface area contributed by atoms with Crippen molar-refractivity contribution >= 4 is 23.1 Å². The molecular formula is C15H13N3O4. The minimum absolute atomic E-state index is 0.00198. The number of nitrogens with zero attached hydrogens (tertiary/aromatic N) is 2. The van der Waals surface area contributed by atoms with Crippen LogP contribution in [0.2, 0.25) is 0 Å². The van der Waals surface area contributed by atoms with Crippen LogP contribution in [-0.4, -0.2) is 21.7 Å². The molecule has 0 aromatic heterocycles. The first-order valence-electron chi connectivity index (χ1n) is 6.36. The number of carboxylic acid groups (broad SMARTS) is 1. The van der Waals surface area contributed by atoms with Crippen LogP contribution >= 0.6 is 0 Å². The Labute approximate surface area is 126 Å². The Morgan fingerprint density at radius 1 is 1.18 bits per heavy atom. The molecule has 2 rings (SSSR count). The SMILES string of the molecule is C/C(=N/Nc1ccc(C(=O)O)cc1)c1cccc([N+](=O)[O-])c1. The summed E-state index contributed by atoms with van der Waals surface area (Å²) in [7, 11) is 0. The van der Waals surface area contributed by atoms with Crippen LogP contribution in [0, 0.1) is 10.1 Å². The molecule has 0 saturated heterocycles. The Bertz CT molecular complexity index is 739. The number of benzene rings is 2. The maximum absolute atomic E-state index is 10.7. The van der Waals surface area contributed by atoms with Gasteiger partial charge in [0, 0.05) is 17.7 Å². The summed E-state index contributed by atoms with van der Waals surface area (Å²) in [5.74, 6) is -0.997. The molecule has 0 amide bonds. The summed E-state index contributed by atoms with van der Waals surface area (Å²) < 4.78 is 0. The minimum atomic E-state index is -0.997. The number of non-ortho nitro benzene ring substituents is 1. The van der Waals surface area contributed by atoms with E-state index in [1.54, 1.807) is 31.2 Å². The smallest absolute Gasteiger partial charge is 0.335 e. The Hall–Kier alpha value is -3.22. The molecule has 2 aromatic rings. The third-order valence-electron chi connectivity index (χ3n) is 2.96. The van der Waals surface area contributed by atoms with Gasteiger partial charge in [-0.3, -0.25) is 15.5 Å². The molecule has 0 atom stereocenters. The van der Waals surface area contributed by atoms with Crippen LogP contribution in [0.25, 0.3) is 0 Å². The van der Waals surface area contributed by atoms with E-state index in [1.165, 1.54) is 24.3 Å². The lowest BCUT2D eigenvalue weighted by Crippen LogP contribution is -2.01. The highest BCUT2D eigenvalue weighted by atomic mass is 16.6. The number of carbonyl (C=O) groups is 1. The van der Waals surface area contributed by atoms with Crippen molar-refractivity contribution in [2.75, 3.05) is 5.43 Å². The fourth-order valence-corrected chi connectivity index (χ4v) is 1.74. The summed E-state index contributed by atoms with van der Waals surface area (Å²) in [5, 5.41) is 23.7. The van der Waals surface area contributed by atoms with Crippen LogP contribution in [0.5, 0.6) is 0 Å². The summed E-state index contributed by atoms with van der Waals surface area (Å²) in [4.78, 5) is 21.0. The van der Waals surface area contributed by atoms with Gasteiger partial charge < -0.3 is 5.11 Å². The van der Waals surface area contributed by atoms with Crippen molar-refractivity contribution in [2.24, 2.45) is 5.10 Å². The molecule has 0 spiro atoms. The number of nitro benzene ring substituents is 1. The number of hydrogen-bond acceptors (Lipinski definition) is 5. The number of aromatic carboxylic acids is 1. The van der Waals surface area contributed by atoms with E-state index in [0.29, 0.717) is 17.0 Å². The highest BCUT2D eigenvalue weighted by molar-refractivity contribution is 5.99. The third kappa shape index (κ3) is 3.66. The van der Waals surface area contributed by atoms with Gasteiger partial charge in [0.15, 0.2) is 0 Å². The van der Waals surface area contributed by atoms with Gasteiger partial charge in [0.2, 0.25) is 0 Å². The predicted molar refractivity (Wildman–Crippen MR) is 82.3 cm³/mol. The van der Waals surface area contributed by atoms with Gasteiger partial charge in [-0.05, 0) is 31.2 Å². The zero-order valence-corrected chi connectivity index (χ0v) is 11.7. The van der Waals surface area contributed by atoms with E-state index >= 15 is 0 Å². The Balaban J connectivity index is 2.14. The normalized spacial score (nSPS) is 11.0. The number of rotatable bonds is 5. The zero-order valence-electron chi connectivity index (χ0n) is 11.7. The highest BCUT2D eigenvalue weighted by Crippen LogP contribution is 2.14. The molecule has 112 valence electrons. The molecule has 0 aliphatic rings. The number of anilines is 1. The van der Waals surface area contributed by atoms with Crippen molar-refractivity contribution in [2.45, 2.75) is 6.92 Å². The van der Waals surface area contributed by atoms with E-state index < -0.39 is 10.9 Å². The molecule has 0 aliphatic heterocycles. The standard InChI is InChI=1S/C15H13N3O4/c1-10(12-3-2-4-14(9-12)18(21)22)16-17-13-7-5-11(6-8-13)15(19)20/h2-9,17H,1H3,(H,19,20)/b16-10-. The molecule has 0 aliphatic carbocycles. The molecular weight excluding hydrogens is 286 g/mol. The van der Waals surface area contributed by atoms with E-state index in [-0.39, 0.29) is 11.3 Å². The Morgan fingerprint density at radius 2 is 1.86 bits per heavy atom. The minimum Gasteiger partial charge on any atom is -0.478 e. The van der Waals surface area contributed by atoms with Crippen LogP contribution < -0.4 is 5.43 Å². The first kappa shape index (κ1) is 15.2.